The molecule has 0 aliphatic carbocycles. The van der Waals surface area contributed by atoms with Gasteiger partial charge in [-0.15, -0.1) is 0 Å². The smallest absolute Gasteiger partial charge is 0.0919 e. The van der Waals surface area contributed by atoms with Gasteiger partial charge in [0.05, 0.1) is 0 Å². The average molecular weight is 222 g/mol. The number of hydrogen-bond donors (Lipinski definition) is 0. The van der Waals surface area contributed by atoms with Crippen LogP contribution in [-0.2, 0) is 0 Å². The van der Waals surface area contributed by atoms with Gasteiger partial charge >= 0.3 is 0 Å². The third-order valence-corrected chi connectivity index (χ3v) is 9.81. The van der Waals surface area contributed by atoms with Gasteiger partial charge in [0.2, 0.25) is 0 Å². The van der Waals surface area contributed by atoms with Crippen molar-refractivity contribution in [2.45, 2.75) is 54.5 Å². The molecule has 0 aromatic rings. The molecular weight excluding hydrogens is 196 g/mol. The minimum atomic E-state index is -1.50. The number of hydrogen-bond acceptors (Lipinski definition) is 0. The van der Waals surface area contributed by atoms with Gasteiger partial charge in [-0.1, -0.05) is 40.7 Å². The van der Waals surface area contributed by atoms with E-state index in [4.69, 9.17) is 0 Å². The Bertz CT molecular complexity index is 247. The predicted octanol–water partition coefficient (Wildman–Crippen LogP) is 4.97. The quantitative estimate of drug-likeness (QED) is 0.589. The van der Waals surface area contributed by atoms with Crippen LogP contribution in [0.3, 0.4) is 0 Å². The van der Waals surface area contributed by atoms with Gasteiger partial charge in [0.25, 0.3) is 0 Å². The molecule has 0 atom stereocenters. The SMILES string of the molecule is CC=C(C)[Si](CC)(C(C)=CC)C(C)=CC. The fraction of sp³-hybridized carbons (Fsp3) is 0.571. The van der Waals surface area contributed by atoms with Gasteiger partial charge in [-0.25, -0.2) is 0 Å². The molecule has 0 amide bonds. The third kappa shape index (κ3) is 2.51. The largest absolute Gasteiger partial charge is 0.133 e. The molecule has 0 spiro atoms. The van der Waals surface area contributed by atoms with Crippen molar-refractivity contribution >= 4 is 8.07 Å². The van der Waals surface area contributed by atoms with Crippen molar-refractivity contribution in [3.63, 3.8) is 0 Å². The summed E-state index contributed by atoms with van der Waals surface area (Å²) >= 11 is 0. The third-order valence-electron chi connectivity index (χ3n) is 3.85. The number of allylic oxidation sites excluding steroid dienone is 6. The van der Waals surface area contributed by atoms with Crippen LogP contribution < -0.4 is 0 Å². The van der Waals surface area contributed by atoms with E-state index in [0.29, 0.717) is 0 Å². The first-order valence-corrected chi connectivity index (χ1v) is 8.12. The van der Waals surface area contributed by atoms with E-state index in [1.807, 2.05) is 0 Å². The zero-order valence-corrected chi connectivity index (χ0v) is 12.4. The Morgan fingerprint density at radius 2 is 1.07 bits per heavy atom. The van der Waals surface area contributed by atoms with Gasteiger partial charge in [-0.05, 0) is 47.6 Å². The van der Waals surface area contributed by atoms with Crippen molar-refractivity contribution in [1.82, 2.24) is 0 Å². The second kappa shape index (κ2) is 6.11. The second-order valence-corrected chi connectivity index (χ2v) is 9.06. The molecule has 0 aromatic heterocycles. The zero-order valence-electron chi connectivity index (χ0n) is 11.4. The molecule has 0 rings (SSSR count). The van der Waals surface area contributed by atoms with Crippen LogP contribution in [0.4, 0.5) is 0 Å². The van der Waals surface area contributed by atoms with E-state index in [2.05, 4.69) is 66.7 Å². The molecule has 0 saturated heterocycles. The standard InChI is InChI=1S/C14H26Si/c1-8-12(5)15(11-4,13(6)9-2)14(7)10-3/h8-10H,11H2,1-7H3. The Labute approximate surface area is 96.8 Å². The molecule has 0 heterocycles. The molecule has 0 nitrogen and oxygen atoms in total. The van der Waals surface area contributed by atoms with E-state index in [0.717, 1.165) is 0 Å². The zero-order chi connectivity index (χ0) is 12.1. The van der Waals surface area contributed by atoms with Gasteiger partial charge < -0.3 is 0 Å². The first kappa shape index (κ1) is 14.4. The maximum absolute atomic E-state index is 2.33. The molecule has 0 aliphatic heterocycles. The van der Waals surface area contributed by atoms with Crippen LogP contribution in [-0.4, -0.2) is 8.07 Å². The lowest BCUT2D eigenvalue weighted by Gasteiger charge is -2.34. The molecule has 0 saturated carbocycles. The van der Waals surface area contributed by atoms with Crippen molar-refractivity contribution in [2.24, 2.45) is 0 Å². The Balaban J connectivity index is 5.74. The van der Waals surface area contributed by atoms with Gasteiger partial charge in [0, 0.05) is 0 Å². The maximum Gasteiger partial charge on any atom is 0.133 e. The van der Waals surface area contributed by atoms with Gasteiger partial charge in [-0.2, -0.15) is 0 Å². The minimum Gasteiger partial charge on any atom is -0.0919 e. The monoisotopic (exact) mass is 222 g/mol. The summed E-state index contributed by atoms with van der Waals surface area (Å²) in [4.78, 5) is 0. The van der Waals surface area contributed by atoms with Crippen molar-refractivity contribution < 1.29 is 0 Å². The Morgan fingerprint density at radius 1 is 0.800 bits per heavy atom. The van der Waals surface area contributed by atoms with E-state index in [1.54, 1.807) is 15.6 Å². The van der Waals surface area contributed by atoms with Crippen molar-refractivity contribution in [2.75, 3.05) is 0 Å². The van der Waals surface area contributed by atoms with Crippen LogP contribution >= 0.6 is 0 Å². The highest BCUT2D eigenvalue weighted by Gasteiger charge is 2.35. The molecule has 86 valence electrons. The Hall–Kier alpha value is -0.563. The van der Waals surface area contributed by atoms with Crippen LogP contribution in [0.1, 0.15) is 48.5 Å². The summed E-state index contributed by atoms with van der Waals surface area (Å²) in [5.74, 6) is 0. The molecule has 0 fully saturated rings. The first-order chi connectivity index (χ1) is 7.00. The van der Waals surface area contributed by atoms with Gasteiger partial charge in [0.15, 0.2) is 0 Å². The topological polar surface area (TPSA) is 0 Å². The second-order valence-electron chi connectivity index (χ2n) is 4.17. The lowest BCUT2D eigenvalue weighted by molar-refractivity contribution is 1.28. The molecule has 0 radical (unpaired) electrons. The lowest BCUT2D eigenvalue weighted by Crippen LogP contribution is -2.39. The highest BCUT2D eigenvalue weighted by atomic mass is 28.3. The van der Waals surface area contributed by atoms with E-state index in [-0.39, 0.29) is 0 Å². The molecule has 1 heteroatoms. The Kier molecular flexibility index (Phi) is 5.88. The summed E-state index contributed by atoms with van der Waals surface area (Å²) in [6, 6.07) is 1.27. The normalized spacial score (nSPS) is 19.0. The molecule has 0 N–H and O–H groups in total. The Morgan fingerprint density at radius 3 is 1.20 bits per heavy atom. The molecule has 0 aromatic carbocycles. The first-order valence-electron chi connectivity index (χ1n) is 5.91. The predicted molar refractivity (Wildman–Crippen MR) is 74.5 cm³/mol. The van der Waals surface area contributed by atoms with Gasteiger partial charge in [-0.3, -0.25) is 0 Å². The maximum atomic E-state index is 2.33. The molecule has 15 heavy (non-hydrogen) atoms. The van der Waals surface area contributed by atoms with E-state index >= 15 is 0 Å². The summed E-state index contributed by atoms with van der Waals surface area (Å²) in [6.45, 7) is 15.7. The average Bonchev–Trinajstić information content (AvgIpc) is 2.29. The van der Waals surface area contributed by atoms with Crippen LogP contribution in [0.2, 0.25) is 6.04 Å². The fourth-order valence-electron chi connectivity index (χ4n) is 2.51. The summed E-state index contributed by atoms with van der Waals surface area (Å²) in [7, 11) is -1.50. The van der Waals surface area contributed by atoms with Crippen LogP contribution in [0.25, 0.3) is 0 Å². The van der Waals surface area contributed by atoms with Gasteiger partial charge in [0.1, 0.15) is 8.07 Å². The molecular formula is C14H26Si. The summed E-state index contributed by atoms with van der Waals surface area (Å²) in [5.41, 5.74) is 0. The summed E-state index contributed by atoms with van der Waals surface area (Å²) in [6.07, 6.45) is 6.90. The highest BCUT2D eigenvalue weighted by molar-refractivity contribution is 6.98. The van der Waals surface area contributed by atoms with Crippen molar-refractivity contribution in [3.8, 4) is 0 Å². The van der Waals surface area contributed by atoms with E-state index < -0.39 is 8.07 Å². The van der Waals surface area contributed by atoms with E-state index in [9.17, 15) is 0 Å². The lowest BCUT2D eigenvalue weighted by atomic mass is 10.5. The van der Waals surface area contributed by atoms with Crippen LogP contribution in [0, 0.1) is 0 Å². The van der Waals surface area contributed by atoms with E-state index in [1.165, 1.54) is 6.04 Å². The highest BCUT2D eigenvalue weighted by Crippen LogP contribution is 2.34. The summed E-state index contributed by atoms with van der Waals surface area (Å²) < 4.78 is 0. The summed E-state index contributed by atoms with van der Waals surface area (Å²) in [5, 5.41) is 4.78. The molecule has 0 unspecified atom stereocenters. The fourth-order valence-corrected chi connectivity index (χ4v) is 7.53. The van der Waals surface area contributed by atoms with Crippen molar-refractivity contribution in [3.05, 3.63) is 33.8 Å². The minimum absolute atomic E-state index is 1.27. The number of rotatable bonds is 4. The van der Waals surface area contributed by atoms with Crippen LogP contribution in [0.5, 0.6) is 0 Å². The van der Waals surface area contributed by atoms with Crippen LogP contribution in [0.15, 0.2) is 33.8 Å². The van der Waals surface area contributed by atoms with Crippen molar-refractivity contribution in [1.29, 1.82) is 0 Å². The molecule has 0 bridgehead atoms. The molecule has 0 aliphatic rings.